The molecule has 0 saturated carbocycles. The maximum Gasteiger partial charge on any atom is 0.238 e. The quantitative estimate of drug-likeness (QED) is 0.600. The zero-order valence-electron chi connectivity index (χ0n) is 11.9. The highest BCUT2D eigenvalue weighted by Crippen LogP contribution is 2.29. The number of hydrogen-bond acceptors (Lipinski definition) is 2. The molecule has 0 aromatic heterocycles. The van der Waals surface area contributed by atoms with E-state index in [4.69, 9.17) is 23.2 Å². The molecule has 0 atom stereocenters. The Morgan fingerprint density at radius 3 is 2.86 bits per heavy atom. The number of benzene rings is 1. The van der Waals surface area contributed by atoms with Crippen molar-refractivity contribution in [2.45, 2.75) is 32.1 Å². The van der Waals surface area contributed by atoms with E-state index >= 15 is 0 Å². The summed E-state index contributed by atoms with van der Waals surface area (Å²) in [6.45, 7) is 1.10. The lowest BCUT2D eigenvalue weighted by atomic mass is 9.97. The summed E-state index contributed by atoms with van der Waals surface area (Å²) in [6, 6.07) is 5.18. The van der Waals surface area contributed by atoms with E-state index in [2.05, 4.69) is 16.7 Å². The van der Waals surface area contributed by atoms with Gasteiger partial charge >= 0.3 is 0 Å². The fourth-order valence-electron chi connectivity index (χ4n) is 2.38. The molecule has 1 aliphatic carbocycles. The molecule has 0 radical (unpaired) electrons. The third-order valence-electron chi connectivity index (χ3n) is 3.52. The molecular formula is C16H20Cl2N2O. The summed E-state index contributed by atoms with van der Waals surface area (Å²) in [5.41, 5.74) is 2.05. The monoisotopic (exact) mass is 326 g/mol. The average molecular weight is 327 g/mol. The Hall–Kier alpha value is -1.03. The first-order valence-corrected chi connectivity index (χ1v) is 8.05. The second-order valence-electron chi connectivity index (χ2n) is 5.18. The number of hydrogen-bond donors (Lipinski definition) is 2. The van der Waals surface area contributed by atoms with Crippen LogP contribution in [0.3, 0.4) is 0 Å². The van der Waals surface area contributed by atoms with Gasteiger partial charge in [-0.25, -0.2) is 0 Å². The van der Waals surface area contributed by atoms with Crippen molar-refractivity contribution < 1.29 is 4.79 Å². The van der Waals surface area contributed by atoms with Crippen LogP contribution in [-0.4, -0.2) is 19.0 Å². The summed E-state index contributed by atoms with van der Waals surface area (Å²) in [7, 11) is 0. The molecule has 0 spiro atoms. The fraction of sp³-hybridized carbons (Fsp3) is 0.438. The topological polar surface area (TPSA) is 41.1 Å². The van der Waals surface area contributed by atoms with Crippen molar-refractivity contribution >= 4 is 34.8 Å². The third kappa shape index (κ3) is 5.34. The van der Waals surface area contributed by atoms with Crippen LogP contribution < -0.4 is 10.6 Å². The number of carbonyl (C=O) groups is 1. The number of halogens is 2. The summed E-state index contributed by atoms with van der Waals surface area (Å²) in [4.78, 5) is 11.8. The number of rotatable bonds is 6. The second-order valence-corrected chi connectivity index (χ2v) is 5.97. The van der Waals surface area contributed by atoms with Crippen LogP contribution in [-0.2, 0) is 4.79 Å². The lowest BCUT2D eigenvalue weighted by Gasteiger charge is -2.13. The van der Waals surface area contributed by atoms with Gasteiger partial charge in [0, 0.05) is 0 Å². The number of amides is 1. The van der Waals surface area contributed by atoms with Crippen LogP contribution in [0.15, 0.2) is 29.8 Å². The maximum atomic E-state index is 11.8. The number of allylic oxidation sites excluding steroid dienone is 1. The van der Waals surface area contributed by atoms with Gasteiger partial charge in [-0.15, -0.1) is 0 Å². The predicted octanol–water partition coefficient (Wildman–Crippen LogP) is 4.41. The van der Waals surface area contributed by atoms with E-state index < -0.39 is 0 Å². The van der Waals surface area contributed by atoms with Gasteiger partial charge < -0.3 is 10.6 Å². The van der Waals surface area contributed by atoms with Gasteiger partial charge in [0.15, 0.2) is 0 Å². The first-order chi connectivity index (χ1) is 10.2. The van der Waals surface area contributed by atoms with Gasteiger partial charge in [-0.2, -0.15) is 0 Å². The third-order valence-corrected chi connectivity index (χ3v) is 4.34. The molecule has 1 amide bonds. The highest BCUT2D eigenvalue weighted by Gasteiger charge is 2.08. The van der Waals surface area contributed by atoms with Crippen molar-refractivity contribution in [3.05, 3.63) is 39.9 Å². The van der Waals surface area contributed by atoms with Crippen molar-refractivity contribution in [3.63, 3.8) is 0 Å². The molecule has 0 fully saturated rings. The molecule has 0 heterocycles. The Kier molecular flexibility index (Phi) is 6.55. The molecule has 2 N–H and O–H groups in total. The van der Waals surface area contributed by atoms with E-state index in [9.17, 15) is 4.79 Å². The van der Waals surface area contributed by atoms with E-state index in [-0.39, 0.29) is 12.5 Å². The summed E-state index contributed by atoms with van der Waals surface area (Å²) < 4.78 is 0. The summed E-state index contributed by atoms with van der Waals surface area (Å²) in [5, 5.41) is 6.73. The fourth-order valence-corrected chi connectivity index (χ4v) is 2.73. The molecular weight excluding hydrogens is 307 g/mol. The van der Waals surface area contributed by atoms with E-state index in [0.717, 1.165) is 13.0 Å². The lowest BCUT2D eigenvalue weighted by molar-refractivity contribution is -0.115. The zero-order valence-corrected chi connectivity index (χ0v) is 13.4. The molecule has 3 nitrogen and oxygen atoms in total. The van der Waals surface area contributed by atoms with Crippen LogP contribution in [0.1, 0.15) is 32.1 Å². The summed E-state index contributed by atoms with van der Waals surface area (Å²) >= 11 is 11.9. The maximum absolute atomic E-state index is 11.8. The van der Waals surface area contributed by atoms with Crippen LogP contribution in [0.4, 0.5) is 5.69 Å². The Bertz CT molecular complexity index is 529. The minimum absolute atomic E-state index is 0.114. The van der Waals surface area contributed by atoms with Gasteiger partial charge in [-0.1, -0.05) is 40.9 Å². The van der Waals surface area contributed by atoms with Crippen LogP contribution in [0.5, 0.6) is 0 Å². The van der Waals surface area contributed by atoms with E-state index in [1.807, 2.05) is 0 Å². The molecule has 0 aliphatic heterocycles. The first kappa shape index (κ1) is 16.3. The molecule has 1 aromatic rings. The highest BCUT2D eigenvalue weighted by molar-refractivity contribution is 6.43. The van der Waals surface area contributed by atoms with E-state index in [1.165, 1.54) is 31.3 Å². The average Bonchev–Trinajstić information content (AvgIpc) is 2.49. The molecule has 1 aromatic carbocycles. The molecule has 1 aliphatic rings. The van der Waals surface area contributed by atoms with Crippen molar-refractivity contribution in [1.82, 2.24) is 5.32 Å². The first-order valence-electron chi connectivity index (χ1n) is 7.29. The minimum Gasteiger partial charge on any atom is -0.324 e. The Balaban J connectivity index is 1.70. The van der Waals surface area contributed by atoms with Crippen LogP contribution in [0.2, 0.25) is 10.0 Å². The largest absolute Gasteiger partial charge is 0.324 e. The molecule has 21 heavy (non-hydrogen) atoms. The summed E-state index contributed by atoms with van der Waals surface area (Å²) in [6.07, 6.45) is 8.34. The van der Waals surface area contributed by atoms with Crippen LogP contribution in [0, 0.1) is 0 Å². The number of anilines is 1. The highest BCUT2D eigenvalue weighted by atomic mass is 35.5. The Morgan fingerprint density at radius 1 is 1.24 bits per heavy atom. The van der Waals surface area contributed by atoms with Gasteiger partial charge in [0.05, 0.1) is 22.3 Å². The molecule has 5 heteroatoms. The van der Waals surface area contributed by atoms with E-state index in [1.54, 1.807) is 18.2 Å². The van der Waals surface area contributed by atoms with Gasteiger partial charge in [-0.05, 0) is 50.8 Å². The predicted molar refractivity (Wildman–Crippen MR) is 89.1 cm³/mol. The molecule has 114 valence electrons. The van der Waals surface area contributed by atoms with Gasteiger partial charge in [-0.3, -0.25) is 4.79 Å². The summed E-state index contributed by atoms with van der Waals surface area (Å²) in [5.74, 6) is -0.114. The SMILES string of the molecule is O=C(CNCCC1=CCCCC1)Nc1cccc(Cl)c1Cl. The van der Waals surface area contributed by atoms with Gasteiger partial charge in [0.2, 0.25) is 5.91 Å². The molecule has 0 saturated heterocycles. The van der Waals surface area contributed by atoms with Crippen molar-refractivity contribution in [1.29, 1.82) is 0 Å². The van der Waals surface area contributed by atoms with Crippen molar-refractivity contribution in [3.8, 4) is 0 Å². The van der Waals surface area contributed by atoms with Gasteiger partial charge in [0.25, 0.3) is 0 Å². The van der Waals surface area contributed by atoms with Crippen LogP contribution in [0.25, 0.3) is 0 Å². The molecule has 0 bridgehead atoms. The van der Waals surface area contributed by atoms with Gasteiger partial charge in [0.1, 0.15) is 0 Å². The lowest BCUT2D eigenvalue weighted by Crippen LogP contribution is -2.29. The van der Waals surface area contributed by atoms with Crippen LogP contribution >= 0.6 is 23.2 Å². The molecule has 2 rings (SSSR count). The second kappa shape index (κ2) is 8.42. The van der Waals surface area contributed by atoms with Crippen molar-refractivity contribution in [2.75, 3.05) is 18.4 Å². The standard InChI is InChI=1S/C16H20Cl2N2O/c17-13-7-4-8-14(16(13)18)20-15(21)11-19-10-9-12-5-2-1-3-6-12/h4-5,7-8,19H,1-3,6,9-11H2,(H,20,21). The number of nitrogens with one attached hydrogen (secondary N) is 2. The van der Waals surface area contributed by atoms with E-state index in [0.29, 0.717) is 15.7 Å². The smallest absolute Gasteiger partial charge is 0.238 e. The normalized spacial score (nSPS) is 14.7. The Labute approximate surface area is 135 Å². The minimum atomic E-state index is -0.114. The number of carbonyl (C=O) groups excluding carboxylic acids is 1. The Morgan fingerprint density at radius 2 is 2.10 bits per heavy atom. The van der Waals surface area contributed by atoms with Crippen molar-refractivity contribution in [2.24, 2.45) is 0 Å². The zero-order chi connectivity index (χ0) is 15.1. The molecule has 0 unspecified atom stereocenters.